The molecule has 132 valence electrons. The number of carbonyl (C=O) groups is 3. The van der Waals surface area contributed by atoms with Crippen LogP contribution in [0, 0.1) is 0 Å². The third kappa shape index (κ3) is 6.36. The molecule has 1 heterocycles. The second-order valence-electron chi connectivity index (χ2n) is 5.56. The maximum Gasteiger partial charge on any atom is 0.326 e. The number of carboxylic acids is 1. The van der Waals surface area contributed by atoms with Crippen LogP contribution in [0.5, 0.6) is 0 Å². The highest BCUT2D eigenvalue weighted by molar-refractivity contribution is 7.98. The van der Waals surface area contributed by atoms with Gasteiger partial charge in [-0.05, 0) is 44.7 Å². The van der Waals surface area contributed by atoms with Crippen molar-refractivity contribution in [3.8, 4) is 0 Å². The number of aliphatic carboxylic acids is 1. The van der Waals surface area contributed by atoms with Crippen LogP contribution in [0.15, 0.2) is 0 Å². The first-order valence-corrected chi connectivity index (χ1v) is 9.00. The number of hydrogen-bond acceptors (Lipinski definition) is 6. The van der Waals surface area contributed by atoms with E-state index < -0.39 is 30.1 Å². The van der Waals surface area contributed by atoms with Crippen molar-refractivity contribution in [2.45, 2.75) is 50.4 Å². The largest absolute Gasteiger partial charge is 0.480 e. The molecule has 0 radical (unpaired) electrons. The van der Waals surface area contributed by atoms with E-state index in [4.69, 9.17) is 5.11 Å². The summed E-state index contributed by atoms with van der Waals surface area (Å²) in [5.74, 6) is -1.62. The molecule has 0 aromatic carbocycles. The van der Waals surface area contributed by atoms with Gasteiger partial charge in [0.05, 0.1) is 12.1 Å². The van der Waals surface area contributed by atoms with E-state index in [2.05, 4.69) is 16.0 Å². The lowest BCUT2D eigenvalue weighted by molar-refractivity contribution is -0.143. The van der Waals surface area contributed by atoms with Crippen LogP contribution in [0.3, 0.4) is 0 Å². The highest BCUT2D eigenvalue weighted by Gasteiger charge is 2.32. The molecule has 8 nitrogen and oxygen atoms in total. The van der Waals surface area contributed by atoms with Crippen LogP contribution in [0.4, 0.5) is 0 Å². The number of aliphatic hydroxyl groups is 1. The fourth-order valence-electron chi connectivity index (χ4n) is 2.32. The fraction of sp³-hybridized carbons (Fsp3) is 0.786. The Labute approximate surface area is 139 Å². The van der Waals surface area contributed by atoms with Crippen LogP contribution in [0.1, 0.15) is 26.2 Å². The third-order valence-corrected chi connectivity index (χ3v) is 4.31. The molecule has 0 spiro atoms. The molecule has 9 heteroatoms. The van der Waals surface area contributed by atoms with E-state index in [0.717, 1.165) is 13.0 Å². The second-order valence-corrected chi connectivity index (χ2v) is 6.54. The molecule has 1 aliphatic rings. The number of nitrogens with one attached hydrogen (secondary N) is 3. The molecule has 23 heavy (non-hydrogen) atoms. The normalized spacial score (nSPS) is 21.3. The van der Waals surface area contributed by atoms with Crippen molar-refractivity contribution in [3.05, 3.63) is 0 Å². The molecule has 0 saturated carbocycles. The predicted molar refractivity (Wildman–Crippen MR) is 87.2 cm³/mol. The molecule has 1 aliphatic heterocycles. The summed E-state index contributed by atoms with van der Waals surface area (Å²) in [7, 11) is 0. The van der Waals surface area contributed by atoms with Crippen molar-refractivity contribution < 1.29 is 24.6 Å². The van der Waals surface area contributed by atoms with Crippen molar-refractivity contribution in [1.82, 2.24) is 16.0 Å². The second kappa shape index (κ2) is 9.74. The lowest BCUT2D eigenvalue weighted by Gasteiger charge is -2.24. The predicted octanol–water partition coefficient (Wildman–Crippen LogP) is -1.07. The lowest BCUT2D eigenvalue weighted by Crippen LogP contribution is -2.58. The summed E-state index contributed by atoms with van der Waals surface area (Å²) in [6, 6.07) is -2.60. The fourth-order valence-corrected chi connectivity index (χ4v) is 2.79. The van der Waals surface area contributed by atoms with Crippen LogP contribution in [-0.2, 0) is 14.4 Å². The molecule has 0 aromatic heterocycles. The Morgan fingerprint density at radius 3 is 2.52 bits per heavy atom. The van der Waals surface area contributed by atoms with Gasteiger partial charge in [0, 0.05) is 0 Å². The highest BCUT2D eigenvalue weighted by Crippen LogP contribution is 2.07. The van der Waals surface area contributed by atoms with Gasteiger partial charge >= 0.3 is 5.97 Å². The summed E-state index contributed by atoms with van der Waals surface area (Å²) in [6.07, 6.45) is 2.53. The number of thioether (sulfide) groups is 1. The number of amides is 2. The molecule has 0 aromatic rings. The van der Waals surface area contributed by atoms with E-state index in [0.29, 0.717) is 12.2 Å². The van der Waals surface area contributed by atoms with Crippen LogP contribution in [0.25, 0.3) is 0 Å². The Morgan fingerprint density at radius 1 is 1.35 bits per heavy atom. The Kier molecular flexibility index (Phi) is 8.35. The van der Waals surface area contributed by atoms with Crippen LogP contribution < -0.4 is 16.0 Å². The Morgan fingerprint density at radius 2 is 2.04 bits per heavy atom. The first kappa shape index (κ1) is 19.7. The summed E-state index contributed by atoms with van der Waals surface area (Å²) in [4.78, 5) is 35.5. The molecule has 4 atom stereocenters. The van der Waals surface area contributed by atoms with Crippen LogP contribution in [0.2, 0.25) is 0 Å². The van der Waals surface area contributed by atoms with Crippen molar-refractivity contribution in [3.63, 3.8) is 0 Å². The summed E-state index contributed by atoms with van der Waals surface area (Å²) < 4.78 is 0. The number of rotatable bonds is 9. The molecule has 1 saturated heterocycles. The highest BCUT2D eigenvalue weighted by atomic mass is 32.2. The summed E-state index contributed by atoms with van der Waals surface area (Å²) >= 11 is 1.47. The van der Waals surface area contributed by atoms with Gasteiger partial charge in [0.15, 0.2) is 0 Å². The number of aliphatic hydroxyl groups excluding tert-OH is 1. The van der Waals surface area contributed by atoms with Gasteiger partial charge in [0.2, 0.25) is 11.8 Å². The van der Waals surface area contributed by atoms with Crippen LogP contribution >= 0.6 is 11.8 Å². The minimum atomic E-state index is -1.18. The molecule has 1 rings (SSSR count). The topological polar surface area (TPSA) is 128 Å². The zero-order chi connectivity index (χ0) is 17.4. The molecular weight excluding hydrogens is 322 g/mol. The van der Waals surface area contributed by atoms with Crippen molar-refractivity contribution in [2.75, 3.05) is 18.6 Å². The van der Waals surface area contributed by atoms with E-state index in [9.17, 15) is 19.5 Å². The van der Waals surface area contributed by atoms with Gasteiger partial charge in [-0.15, -0.1) is 0 Å². The lowest BCUT2D eigenvalue weighted by atomic mass is 10.1. The molecular formula is C14H25N3O5S. The minimum Gasteiger partial charge on any atom is -0.480 e. The minimum absolute atomic E-state index is 0.271. The average molecular weight is 347 g/mol. The SMILES string of the molecule is CSCCC(NC(=O)C(NC(=O)C1CCCN1)C(C)O)C(=O)O. The van der Waals surface area contributed by atoms with E-state index >= 15 is 0 Å². The van der Waals surface area contributed by atoms with Gasteiger partial charge in [-0.2, -0.15) is 11.8 Å². The van der Waals surface area contributed by atoms with Gasteiger partial charge in [-0.3, -0.25) is 9.59 Å². The Balaban J connectivity index is 2.65. The number of hydrogen-bond donors (Lipinski definition) is 5. The zero-order valence-corrected chi connectivity index (χ0v) is 14.2. The van der Waals surface area contributed by atoms with Gasteiger partial charge in [-0.25, -0.2) is 4.79 Å². The molecule has 5 N–H and O–H groups in total. The van der Waals surface area contributed by atoms with Gasteiger partial charge < -0.3 is 26.2 Å². The molecule has 4 unspecified atom stereocenters. The standard InChI is InChI=1S/C14H25N3O5S/c1-8(18)11(17-12(19)9-4-3-6-15-9)13(20)16-10(14(21)22)5-7-23-2/h8-11,15,18H,3-7H2,1-2H3,(H,16,20)(H,17,19)(H,21,22). The van der Waals surface area contributed by atoms with Crippen molar-refractivity contribution >= 4 is 29.5 Å². The smallest absolute Gasteiger partial charge is 0.326 e. The first-order valence-electron chi connectivity index (χ1n) is 7.60. The summed E-state index contributed by atoms with van der Waals surface area (Å²) in [5, 5.41) is 26.8. The Hall–Kier alpha value is -1.32. The van der Waals surface area contributed by atoms with E-state index in [1.54, 1.807) is 0 Å². The summed E-state index contributed by atoms with van der Waals surface area (Å²) in [5.41, 5.74) is 0. The maximum absolute atomic E-state index is 12.2. The van der Waals surface area contributed by atoms with E-state index in [1.807, 2.05) is 6.26 Å². The van der Waals surface area contributed by atoms with Crippen molar-refractivity contribution in [2.24, 2.45) is 0 Å². The molecule has 0 bridgehead atoms. The van der Waals surface area contributed by atoms with Crippen molar-refractivity contribution in [1.29, 1.82) is 0 Å². The molecule has 1 fully saturated rings. The van der Waals surface area contributed by atoms with Crippen LogP contribution in [-0.4, -0.2) is 70.8 Å². The quantitative estimate of drug-likeness (QED) is 0.359. The van der Waals surface area contributed by atoms with Gasteiger partial charge in [0.25, 0.3) is 0 Å². The summed E-state index contributed by atoms with van der Waals surface area (Å²) in [6.45, 7) is 2.11. The first-order chi connectivity index (χ1) is 10.9. The van der Waals surface area contributed by atoms with Gasteiger partial charge in [0.1, 0.15) is 12.1 Å². The molecule has 2 amide bonds. The number of carbonyl (C=O) groups excluding carboxylic acids is 2. The third-order valence-electron chi connectivity index (χ3n) is 3.66. The Bertz CT molecular complexity index is 427. The average Bonchev–Trinajstić information content (AvgIpc) is 3.02. The van der Waals surface area contributed by atoms with E-state index in [1.165, 1.54) is 18.7 Å². The number of carboxylic acid groups (broad SMARTS) is 1. The van der Waals surface area contributed by atoms with E-state index in [-0.39, 0.29) is 18.4 Å². The van der Waals surface area contributed by atoms with Gasteiger partial charge in [-0.1, -0.05) is 0 Å². The maximum atomic E-state index is 12.2. The zero-order valence-electron chi connectivity index (χ0n) is 13.4. The molecule has 0 aliphatic carbocycles. The monoisotopic (exact) mass is 347 g/mol.